The van der Waals surface area contributed by atoms with Crippen molar-refractivity contribution in [2.24, 2.45) is 0 Å². The van der Waals surface area contributed by atoms with E-state index in [1.807, 2.05) is 44.6 Å². The normalized spacial score (nSPS) is 10.6. The molecule has 5 heteroatoms. The number of aromatic nitrogens is 3. The lowest BCUT2D eigenvalue weighted by atomic mass is 10.1. The average Bonchev–Trinajstić information content (AvgIpc) is 2.59. The van der Waals surface area contributed by atoms with Crippen molar-refractivity contribution in [1.82, 2.24) is 15.0 Å². The first-order valence-corrected chi connectivity index (χ1v) is 8.80. The maximum absolute atomic E-state index is 4.69. The SMILES string of the molecule is Cc1cc(C)cc(Nc2cc(C)nc(N(C)CCc3ccncc3)n2)c1. The Hall–Kier alpha value is -2.95. The molecule has 0 saturated heterocycles. The number of nitrogens with zero attached hydrogens (tertiary/aromatic N) is 4. The van der Waals surface area contributed by atoms with E-state index in [1.165, 1.54) is 16.7 Å². The van der Waals surface area contributed by atoms with Crippen molar-refractivity contribution in [2.75, 3.05) is 23.8 Å². The van der Waals surface area contributed by atoms with Gasteiger partial charge in [-0.15, -0.1) is 0 Å². The van der Waals surface area contributed by atoms with Crippen LogP contribution in [0.2, 0.25) is 0 Å². The molecule has 1 N–H and O–H groups in total. The minimum Gasteiger partial charge on any atom is -0.343 e. The van der Waals surface area contributed by atoms with Gasteiger partial charge in [0, 0.05) is 43.4 Å². The molecule has 0 aliphatic carbocycles. The van der Waals surface area contributed by atoms with Crippen LogP contribution in [0.5, 0.6) is 0 Å². The topological polar surface area (TPSA) is 53.9 Å². The van der Waals surface area contributed by atoms with Crippen LogP contribution in [0.1, 0.15) is 22.4 Å². The summed E-state index contributed by atoms with van der Waals surface area (Å²) in [4.78, 5) is 15.4. The predicted octanol–water partition coefficient (Wildman–Crippen LogP) is 4.22. The highest BCUT2D eigenvalue weighted by atomic mass is 15.2. The zero-order valence-electron chi connectivity index (χ0n) is 15.8. The Morgan fingerprint density at radius 2 is 1.62 bits per heavy atom. The Balaban J connectivity index is 1.74. The summed E-state index contributed by atoms with van der Waals surface area (Å²) in [6, 6.07) is 12.5. The highest BCUT2D eigenvalue weighted by Crippen LogP contribution is 2.20. The molecule has 0 atom stereocenters. The average molecular weight is 347 g/mol. The summed E-state index contributed by atoms with van der Waals surface area (Å²) >= 11 is 0. The van der Waals surface area contributed by atoms with Crippen LogP contribution in [0, 0.1) is 20.8 Å². The molecule has 0 saturated carbocycles. The van der Waals surface area contributed by atoms with E-state index in [2.05, 4.69) is 52.2 Å². The van der Waals surface area contributed by atoms with Crippen LogP contribution in [0.3, 0.4) is 0 Å². The van der Waals surface area contributed by atoms with Crippen LogP contribution in [0.25, 0.3) is 0 Å². The van der Waals surface area contributed by atoms with E-state index < -0.39 is 0 Å². The second kappa shape index (κ2) is 7.95. The van der Waals surface area contributed by atoms with Crippen LogP contribution in [0.15, 0.2) is 48.8 Å². The van der Waals surface area contributed by atoms with Gasteiger partial charge in [0.25, 0.3) is 0 Å². The first-order valence-electron chi connectivity index (χ1n) is 8.80. The lowest BCUT2D eigenvalue weighted by molar-refractivity contribution is 0.833. The minimum atomic E-state index is 0.728. The van der Waals surface area contributed by atoms with E-state index in [0.29, 0.717) is 0 Å². The molecule has 0 fully saturated rings. The fourth-order valence-corrected chi connectivity index (χ4v) is 2.93. The standard InChI is InChI=1S/C21H25N5/c1-15-11-16(2)13-19(12-15)24-20-14-17(3)23-21(25-20)26(4)10-7-18-5-8-22-9-6-18/h5-6,8-9,11-14H,7,10H2,1-4H3,(H,23,24,25). The van der Waals surface area contributed by atoms with Crippen molar-refractivity contribution in [3.63, 3.8) is 0 Å². The van der Waals surface area contributed by atoms with Gasteiger partial charge in [-0.1, -0.05) is 6.07 Å². The molecule has 3 aromatic rings. The van der Waals surface area contributed by atoms with Crippen molar-refractivity contribution in [3.05, 3.63) is 71.2 Å². The van der Waals surface area contributed by atoms with Crippen molar-refractivity contribution < 1.29 is 0 Å². The van der Waals surface area contributed by atoms with Gasteiger partial charge in [-0.2, -0.15) is 4.98 Å². The Kier molecular flexibility index (Phi) is 5.46. The summed E-state index contributed by atoms with van der Waals surface area (Å²) in [7, 11) is 2.02. The third kappa shape index (κ3) is 4.79. The Labute approximate surface area is 155 Å². The van der Waals surface area contributed by atoms with Crippen molar-refractivity contribution in [3.8, 4) is 0 Å². The summed E-state index contributed by atoms with van der Waals surface area (Å²) in [5, 5.41) is 3.41. The largest absolute Gasteiger partial charge is 0.343 e. The number of pyridine rings is 1. The highest BCUT2D eigenvalue weighted by Gasteiger charge is 2.08. The molecule has 5 nitrogen and oxygen atoms in total. The summed E-state index contributed by atoms with van der Waals surface area (Å²) in [6.45, 7) is 7.04. The zero-order chi connectivity index (χ0) is 18.5. The molecule has 26 heavy (non-hydrogen) atoms. The quantitative estimate of drug-likeness (QED) is 0.723. The van der Waals surface area contributed by atoms with Gasteiger partial charge < -0.3 is 10.2 Å². The fourth-order valence-electron chi connectivity index (χ4n) is 2.93. The third-order valence-electron chi connectivity index (χ3n) is 4.16. The van der Waals surface area contributed by atoms with E-state index >= 15 is 0 Å². The maximum Gasteiger partial charge on any atom is 0.227 e. The molecule has 0 aliphatic rings. The summed E-state index contributed by atoms with van der Waals surface area (Å²) in [6.07, 6.45) is 4.57. The van der Waals surface area contributed by atoms with Gasteiger partial charge in [0.05, 0.1) is 0 Å². The molecule has 0 unspecified atom stereocenters. The van der Waals surface area contributed by atoms with Gasteiger partial charge in [0.2, 0.25) is 5.95 Å². The first kappa shape index (κ1) is 17.9. The summed E-state index contributed by atoms with van der Waals surface area (Å²) < 4.78 is 0. The summed E-state index contributed by atoms with van der Waals surface area (Å²) in [5.74, 6) is 1.54. The smallest absolute Gasteiger partial charge is 0.227 e. The highest BCUT2D eigenvalue weighted by molar-refractivity contribution is 5.59. The predicted molar refractivity (Wildman–Crippen MR) is 107 cm³/mol. The van der Waals surface area contributed by atoms with E-state index in [1.54, 1.807) is 0 Å². The summed E-state index contributed by atoms with van der Waals surface area (Å²) in [5.41, 5.74) is 5.71. The molecular formula is C21H25N5. The Bertz CT molecular complexity index is 857. The van der Waals surface area contributed by atoms with Crippen LogP contribution in [-0.4, -0.2) is 28.5 Å². The van der Waals surface area contributed by atoms with E-state index in [0.717, 1.165) is 36.1 Å². The van der Waals surface area contributed by atoms with Crippen LogP contribution in [0.4, 0.5) is 17.5 Å². The number of anilines is 3. The molecule has 0 radical (unpaired) electrons. The molecule has 1 aromatic carbocycles. The molecule has 134 valence electrons. The molecule has 3 rings (SSSR count). The number of aryl methyl sites for hydroxylation is 3. The number of rotatable bonds is 6. The second-order valence-electron chi connectivity index (χ2n) is 6.72. The molecule has 0 spiro atoms. The minimum absolute atomic E-state index is 0.728. The second-order valence-corrected chi connectivity index (χ2v) is 6.72. The molecule has 0 bridgehead atoms. The van der Waals surface area contributed by atoms with Crippen molar-refractivity contribution in [2.45, 2.75) is 27.2 Å². The van der Waals surface area contributed by atoms with E-state index in [-0.39, 0.29) is 0 Å². The Morgan fingerprint density at radius 1 is 0.923 bits per heavy atom. The number of nitrogens with one attached hydrogen (secondary N) is 1. The third-order valence-corrected chi connectivity index (χ3v) is 4.16. The molecule has 0 aliphatic heterocycles. The van der Waals surface area contributed by atoms with Crippen LogP contribution in [-0.2, 0) is 6.42 Å². The monoisotopic (exact) mass is 347 g/mol. The van der Waals surface area contributed by atoms with E-state index in [9.17, 15) is 0 Å². The van der Waals surface area contributed by atoms with E-state index in [4.69, 9.17) is 4.98 Å². The fraction of sp³-hybridized carbons (Fsp3) is 0.286. The molecular weight excluding hydrogens is 322 g/mol. The van der Waals surface area contributed by atoms with Crippen LogP contribution >= 0.6 is 0 Å². The number of benzene rings is 1. The molecule has 2 aromatic heterocycles. The van der Waals surface area contributed by atoms with Gasteiger partial charge in [0.15, 0.2) is 0 Å². The number of hydrogen-bond acceptors (Lipinski definition) is 5. The van der Waals surface area contributed by atoms with Crippen LogP contribution < -0.4 is 10.2 Å². The number of likely N-dealkylation sites (N-methyl/N-ethyl adjacent to an activating group) is 1. The molecule has 0 amide bonds. The lowest BCUT2D eigenvalue weighted by Gasteiger charge is -2.18. The maximum atomic E-state index is 4.69. The lowest BCUT2D eigenvalue weighted by Crippen LogP contribution is -2.23. The zero-order valence-corrected chi connectivity index (χ0v) is 15.8. The van der Waals surface area contributed by atoms with Gasteiger partial charge >= 0.3 is 0 Å². The number of hydrogen-bond donors (Lipinski definition) is 1. The van der Waals surface area contributed by atoms with Gasteiger partial charge in [-0.3, -0.25) is 4.98 Å². The van der Waals surface area contributed by atoms with Crippen molar-refractivity contribution in [1.29, 1.82) is 0 Å². The van der Waals surface area contributed by atoms with Gasteiger partial charge in [0.1, 0.15) is 5.82 Å². The van der Waals surface area contributed by atoms with Crippen molar-refractivity contribution >= 4 is 17.5 Å². The molecule has 2 heterocycles. The first-order chi connectivity index (χ1) is 12.5. The van der Waals surface area contributed by atoms with Gasteiger partial charge in [-0.05, 0) is 68.1 Å². The Morgan fingerprint density at radius 3 is 2.31 bits per heavy atom. The van der Waals surface area contributed by atoms with Gasteiger partial charge in [-0.25, -0.2) is 4.98 Å².